The number of nitrogens with one attached hydrogen (secondary N) is 1. The number of anilines is 1. The summed E-state index contributed by atoms with van der Waals surface area (Å²) in [5, 5.41) is 2.83. The average molecular weight is 398 g/mol. The van der Waals surface area contributed by atoms with Crippen molar-refractivity contribution in [1.82, 2.24) is 5.32 Å². The number of carbonyl (C=O) groups is 1. The van der Waals surface area contributed by atoms with Crippen molar-refractivity contribution in [3.8, 4) is 0 Å². The summed E-state index contributed by atoms with van der Waals surface area (Å²) >= 11 is 3.41. The number of amides is 1. The van der Waals surface area contributed by atoms with Gasteiger partial charge in [0.05, 0.1) is 0 Å². The van der Waals surface area contributed by atoms with Gasteiger partial charge in [0, 0.05) is 28.8 Å². The van der Waals surface area contributed by atoms with E-state index in [1.165, 1.54) is 5.69 Å². The zero-order chi connectivity index (χ0) is 17.8. The van der Waals surface area contributed by atoms with Gasteiger partial charge in [0.15, 0.2) is 0 Å². The van der Waals surface area contributed by atoms with Crippen molar-refractivity contribution in [2.24, 2.45) is 4.99 Å². The molecule has 0 bridgehead atoms. The predicted molar refractivity (Wildman–Crippen MR) is 107 cm³/mol. The lowest BCUT2D eigenvalue weighted by Gasteiger charge is -2.20. The Morgan fingerprint density at radius 3 is 2.28 bits per heavy atom. The van der Waals surface area contributed by atoms with Crippen LogP contribution < -0.4 is 10.2 Å². The Hall–Kier alpha value is -2.40. The van der Waals surface area contributed by atoms with Crippen LogP contribution in [0.25, 0.3) is 6.08 Å². The van der Waals surface area contributed by atoms with Gasteiger partial charge >= 0.3 is 0 Å². The molecule has 1 aliphatic rings. The first-order chi connectivity index (χ1) is 12.1. The number of rotatable bonds is 5. The fourth-order valence-corrected chi connectivity index (χ4v) is 3.01. The second-order valence-electron chi connectivity index (χ2n) is 5.71. The van der Waals surface area contributed by atoms with Crippen molar-refractivity contribution in [3.05, 3.63) is 69.8 Å². The smallest absolute Gasteiger partial charge is 0.275 e. The van der Waals surface area contributed by atoms with Crippen LogP contribution in [-0.2, 0) is 4.79 Å². The normalized spacial score (nSPS) is 15.2. The maximum Gasteiger partial charge on any atom is 0.275 e. The van der Waals surface area contributed by atoms with Crippen LogP contribution in [0.4, 0.5) is 5.69 Å². The lowest BCUT2D eigenvalue weighted by Crippen LogP contribution is -2.24. The summed E-state index contributed by atoms with van der Waals surface area (Å²) in [6, 6.07) is 15.9. The third-order valence-corrected chi connectivity index (χ3v) is 4.67. The summed E-state index contributed by atoms with van der Waals surface area (Å²) < 4.78 is 0.991. The highest BCUT2D eigenvalue weighted by Crippen LogP contribution is 2.19. The summed E-state index contributed by atoms with van der Waals surface area (Å²) in [5.74, 6) is 0.411. The SMILES string of the molecule is CCN(CC)c1ccc(/C=C2/N=C(c3ccc(Br)cc3)NC2=O)cc1. The Morgan fingerprint density at radius 2 is 1.68 bits per heavy atom. The fourth-order valence-electron chi connectivity index (χ4n) is 2.74. The van der Waals surface area contributed by atoms with Gasteiger partial charge in [-0.15, -0.1) is 0 Å². The monoisotopic (exact) mass is 397 g/mol. The average Bonchev–Trinajstić information content (AvgIpc) is 2.99. The van der Waals surface area contributed by atoms with E-state index >= 15 is 0 Å². The molecule has 25 heavy (non-hydrogen) atoms. The van der Waals surface area contributed by atoms with Crippen LogP contribution in [0.2, 0.25) is 0 Å². The van der Waals surface area contributed by atoms with E-state index in [0.29, 0.717) is 11.5 Å². The molecule has 128 valence electrons. The Morgan fingerprint density at radius 1 is 1.04 bits per heavy atom. The molecule has 5 heteroatoms. The molecule has 0 atom stereocenters. The van der Waals surface area contributed by atoms with Crippen LogP contribution in [0.15, 0.2) is 63.7 Å². The molecule has 1 heterocycles. The lowest BCUT2D eigenvalue weighted by molar-refractivity contribution is -0.115. The highest BCUT2D eigenvalue weighted by molar-refractivity contribution is 9.10. The van der Waals surface area contributed by atoms with Gasteiger partial charge in [-0.05, 0) is 49.8 Å². The highest BCUT2D eigenvalue weighted by Gasteiger charge is 2.20. The Bertz CT molecular complexity index is 819. The summed E-state index contributed by atoms with van der Waals surface area (Å²) in [4.78, 5) is 18.9. The molecule has 0 aromatic heterocycles. The minimum absolute atomic E-state index is 0.175. The van der Waals surface area contributed by atoms with Crippen molar-refractivity contribution < 1.29 is 4.79 Å². The molecular formula is C20H20BrN3O. The van der Waals surface area contributed by atoms with Gasteiger partial charge in [0.1, 0.15) is 11.5 Å². The van der Waals surface area contributed by atoms with E-state index in [-0.39, 0.29) is 5.91 Å². The van der Waals surface area contributed by atoms with Gasteiger partial charge in [-0.25, -0.2) is 4.99 Å². The summed E-state index contributed by atoms with van der Waals surface area (Å²) in [6.07, 6.45) is 1.81. The number of amidine groups is 1. The number of halogens is 1. The molecule has 0 fully saturated rings. The molecular weight excluding hydrogens is 378 g/mol. The summed E-state index contributed by atoms with van der Waals surface area (Å²) in [7, 11) is 0. The first-order valence-corrected chi connectivity index (χ1v) is 9.12. The molecule has 4 nitrogen and oxygen atoms in total. The van der Waals surface area contributed by atoms with Gasteiger partial charge < -0.3 is 10.2 Å². The number of nitrogens with zero attached hydrogens (tertiary/aromatic N) is 2. The number of hydrogen-bond donors (Lipinski definition) is 1. The molecule has 0 radical (unpaired) electrons. The van der Waals surface area contributed by atoms with Crippen molar-refractivity contribution in [2.75, 3.05) is 18.0 Å². The van der Waals surface area contributed by atoms with Gasteiger partial charge in [0.2, 0.25) is 0 Å². The Kier molecular flexibility index (Phi) is 5.34. The minimum Gasteiger partial charge on any atom is -0.372 e. The van der Waals surface area contributed by atoms with Gasteiger partial charge in [0.25, 0.3) is 5.91 Å². The summed E-state index contributed by atoms with van der Waals surface area (Å²) in [5.41, 5.74) is 3.45. The largest absolute Gasteiger partial charge is 0.372 e. The van der Waals surface area contributed by atoms with Crippen molar-refractivity contribution in [2.45, 2.75) is 13.8 Å². The molecule has 2 aromatic rings. The molecule has 3 rings (SSSR count). The maximum atomic E-state index is 12.2. The maximum absolute atomic E-state index is 12.2. The zero-order valence-electron chi connectivity index (χ0n) is 14.3. The number of hydrogen-bond acceptors (Lipinski definition) is 3. The topological polar surface area (TPSA) is 44.7 Å². The predicted octanol–water partition coefficient (Wildman–Crippen LogP) is 4.21. The zero-order valence-corrected chi connectivity index (χ0v) is 15.9. The molecule has 0 aliphatic carbocycles. The highest BCUT2D eigenvalue weighted by atomic mass is 79.9. The first kappa shape index (κ1) is 17.4. The van der Waals surface area contributed by atoms with Crippen molar-refractivity contribution in [1.29, 1.82) is 0 Å². The van der Waals surface area contributed by atoms with E-state index in [0.717, 1.165) is 28.7 Å². The van der Waals surface area contributed by atoms with Gasteiger partial charge in [-0.1, -0.05) is 40.2 Å². The minimum atomic E-state index is -0.175. The van der Waals surface area contributed by atoms with Crippen LogP contribution in [0.3, 0.4) is 0 Å². The van der Waals surface area contributed by atoms with Crippen molar-refractivity contribution in [3.63, 3.8) is 0 Å². The number of aliphatic imine (C=N–C) groups is 1. The third-order valence-electron chi connectivity index (χ3n) is 4.14. The van der Waals surface area contributed by atoms with Crippen LogP contribution in [0, 0.1) is 0 Å². The molecule has 0 unspecified atom stereocenters. The van der Waals surface area contributed by atoms with Crippen LogP contribution in [-0.4, -0.2) is 24.8 Å². The molecule has 0 saturated heterocycles. The summed E-state index contributed by atoms with van der Waals surface area (Å²) in [6.45, 7) is 6.22. The third kappa shape index (κ3) is 3.99. The molecule has 0 saturated carbocycles. The molecule has 1 aliphatic heterocycles. The second-order valence-corrected chi connectivity index (χ2v) is 6.63. The fraction of sp³-hybridized carbons (Fsp3) is 0.200. The van der Waals surface area contributed by atoms with E-state index in [1.807, 2.05) is 42.5 Å². The lowest BCUT2D eigenvalue weighted by atomic mass is 10.1. The molecule has 0 spiro atoms. The molecule has 1 N–H and O–H groups in total. The van der Waals surface area contributed by atoms with E-state index in [1.54, 1.807) is 0 Å². The second kappa shape index (κ2) is 7.66. The quantitative estimate of drug-likeness (QED) is 0.767. The van der Waals surface area contributed by atoms with Crippen LogP contribution in [0.5, 0.6) is 0 Å². The van der Waals surface area contributed by atoms with E-state index < -0.39 is 0 Å². The van der Waals surface area contributed by atoms with Crippen molar-refractivity contribution >= 4 is 39.4 Å². The van der Waals surface area contributed by atoms with E-state index in [2.05, 4.69) is 57.1 Å². The molecule has 1 amide bonds. The number of benzene rings is 2. The van der Waals surface area contributed by atoms with Crippen LogP contribution in [0.1, 0.15) is 25.0 Å². The van der Waals surface area contributed by atoms with E-state index in [9.17, 15) is 4.79 Å². The molecule has 2 aromatic carbocycles. The van der Waals surface area contributed by atoms with Crippen LogP contribution >= 0.6 is 15.9 Å². The Balaban J connectivity index is 1.83. The Labute approximate surface area is 156 Å². The first-order valence-electron chi connectivity index (χ1n) is 8.33. The standard InChI is InChI=1S/C20H20BrN3O/c1-3-24(4-2)17-11-5-14(6-12-17)13-18-20(25)23-19(22-18)15-7-9-16(21)10-8-15/h5-13H,3-4H2,1-2H3,(H,22,23,25)/b18-13+. The van der Waals surface area contributed by atoms with E-state index in [4.69, 9.17) is 0 Å². The van der Waals surface area contributed by atoms with Gasteiger partial charge in [-0.2, -0.15) is 0 Å². The number of carbonyl (C=O) groups excluding carboxylic acids is 1. The van der Waals surface area contributed by atoms with Gasteiger partial charge in [-0.3, -0.25) is 4.79 Å².